The summed E-state index contributed by atoms with van der Waals surface area (Å²) in [6, 6.07) is 0. The zero-order valence-corrected chi connectivity index (χ0v) is 81.7. The molecule has 15 fully saturated rings. The first kappa shape index (κ1) is 179. The van der Waals surface area contributed by atoms with Gasteiger partial charge in [-0.1, -0.05) is 362 Å². The van der Waals surface area contributed by atoms with Crippen molar-refractivity contribution in [1.82, 2.24) is 42.5 Å². The smallest absolute Gasteiger partial charge is 0.188 e. The standard InChI is InChI=1S/2C7H14.C6H12O.C5H11N.2C5H9N.C5H10.C5H8.C4H9NO2S.C4H9NO.C4H9NS.C4H5NS.C4H7N.C4H8O2S.C4H6OS.C4H8O.C4H8S.2C4H8.C3H7NO.C3H5NO.18CH4/c3*1-2-4-6-7-5-3-1;3*1-2-4-6-5-3-1;2*1-2-4-5-3-1;6-8(7)3-1-5-2-4-8;3*1-3-6-4-2-5-1;1-2-4-5-3-1;5-7(6)3-1-2-4-7;5-4-2-1-3-6-4;2*1-2-4-5-3-1;2*1-2-4-3-1;2*1-2-5-3-4-1;;;;;;;;;;;;;;;;;;/h2*1-7H2;1-6H2;6H,1-5H2;2*2,4,6H,1,3,5H2;1-5H2;1-2H,3-5H2;5H,1-4H2;2*5H,1-4H2;1-5H;3H,1-2,4H2;1-4H2;1-3H2;2*1-4H2;2*1-4H2;4H,1-3H2;3H,1-2H2;18*1H4. The summed E-state index contributed by atoms with van der Waals surface area (Å²) in [6.45, 7) is 21.7. The van der Waals surface area contributed by atoms with E-state index in [4.69, 9.17) is 18.9 Å². The maximum Gasteiger partial charge on any atom is 0.188 e. The molecule has 6 aliphatic carbocycles. The molecule has 0 unspecified atom stereocenters. The number of ether oxygens (including phenoxy) is 5. The molecule has 139 heavy (non-hydrogen) atoms. The Bertz CT molecular complexity index is 2150. The number of allylic oxidation sites excluding steroid dienone is 4. The molecule has 0 aromatic carbocycles. The number of sulfone groups is 2. The van der Waals surface area contributed by atoms with Gasteiger partial charge in [0.15, 0.2) is 21.4 Å². The van der Waals surface area contributed by atoms with Crippen LogP contribution in [0.1, 0.15) is 461 Å². The van der Waals surface area contributed by atoms with Gasteiger partial charge in [-0.05, 0) is 182 Å². The van der Waals surface area contributed by atoms with Gasteiger partial charge in [-0.25, -0.2) is 16.8 Å². The van der Waals surface area contributed by atoms with E-state index in [1.54, 1.807) is 11.8 Å². The quantitative estimate of drug-likeness (QED) is 0.0829. The molecule has 854 valence electrons. The van der Waals surface area contributed by atoms with Crippen molar-refractivity contribution < 1.29 is 45.3 Å². The van der Waals surface area contributed by atoms with E-state index < -0.39 is 19.7 Å². The summed E-state index contributed by atoms with van der Waals surface area (Å²) in [6.07, 6.45) is 90.9. The van der Waals surface area contributed by atoms with Gasteiger partial charge < -0.3 is 60.9 Å². The first-order valence-corrected chi connectivity index (χ1v) is 57.0. The van der Waals surface area contributed by atoms with Crippen molar-refractivity contribution in [3.8, 4) is 0 Å². The SMILES string of the molecule is C.C.C.C.C.C.C.C.C.C.C.C.C.C.C.C.C.C.C1=CCCC1.C1=CNCCC1.C1=CNCCC1.C1=CSC=CN1.C1=NCCC1.C1=NCCO1.C1CCC1.C1CCC1.C1CCCC1.C1CCCCCC1.C1CCCCCC1.C1CCCOCC1.C1CCNCC1.C1CCOC1.C1CCSC1.C1COCCN1.C1COCN1.C1CSCCN1.O=C1CCCS1.O=S1(=O)CCCC1.O=S1(=O)CCNCC1. The Labute approximate surface area is 893 Å². The van der Waals surface area contributed by atoms with Crippen molar-refractivity contribution in [1.29, 1.82) is 0 Å². The summed E-state index contributed by atoms with van der Waals surface area (Å²) in [5.74, 6) is 7.97. The second kappa shape index (κ2) is 156. The number of carbonyl (C=O) groups excluding carboxylic acids is 1. The van der Waals surface area contributed by atoms with Crippen molar-refractivity contribution >= 4 is 84.5 Å². The van der Waals surface area contributed by atoms with E-state index in [9.17, 15) is 21.6 Å². The third-order valence-corrected chi connectivity index (χ3v) is 28.1. The van der Waals surface area contributed by atoms with Crippen LogP contribution in [0.5, 0.6) is 0 Å². The number of hydrogen-bond donors (Lipinski definition) is 8. The third kappa shape index (κ3) is 159. The summed E-state index contributed by atoms with van der Waals surface area (Å²) in [4.78, 5) is 17.9. The maximum atomic E-state index is 10.6. The van der Waals surface area contributed by atoms with E-state index in [1.165, 1.54) is 369 Å². The fraction of sp³-hybridized carbons (Fsp3) is 0.885. The Hall–Kier alpha value is -2.15. The molecule has 0 amide bonds. The summed E-state index contributed by atoms with van der Waals surface area (Å²) in [5, 5.41) is 29.1. The van der Waals surface area contributed by atoms with Crippen molar-refractivity contribution in [3.63, 3.8) is 0 Å². The number of piperidine rings is 1. The summed E-state index contributed by atoms with van der Waals surface area (Å²) >= 11 is 7.24. The highest BCUT2D eigenvalue weighted by Crippen LogP contribution is 2.20. The molecule has 26 heteroatoms. The molecule has 0 radical (unpaired) electrons. The van der Waals surface area contributed by atoms with Gasteiger partial charge in [-0.2, -0.15) is 23.5 Å². The first-order valence-electron chi connectivity index (χ1n) is 49.1. The molecule has 21 rings (SSSR count). The molecule has 5 saturated carbocycles. The van der Waals surface area contributed by atoms with Crippen LogP contribution in [0.3, 0.4) is 0 Å². The predicted octanol–water partition coefficient (Wildman–Crippen LogP) is 32.0. The largest absolute Gasteiger partial charge is 0.482 e. The normalized spacial score (nSPS) is 20.2. The molecule has 15 heterocycles. The van der Waals surface area contributed by atoms with Crippen LogP contribution in [-0.2, 0) is 48.2 Å². The van der Waals surface area contributed by atoms with E-state index in [0.29, 0.717) is 41.2 Å². The molecule has 0 bridgehead atoms. The fourth-order valence-corrected chi connectivity index (χ4v) is 18.2. The summed E-state index contributed by atoms with van der Waals surface area (Å²) < 4.78 is 66.7. The molecular formula is C113H256N10O10S6. The maximum absolute atomic E-state index is 10.6. The first-order chi connectivity index (χ1) is 59.8. The van der Waals surface area contributed by atoms with E-state index in [2.05, 4.69) is 93.3 Å². The highest BCUT2D eigenvalue weighted by Gasteiger charge is 2.17. The van der Waals surface area contributed by atoms with E-state index >= 15 is 0 Å². The van der Waals surface area contributed by atoms with Gasteiger partial charge in [0, 0.05) is 128 Å². The summed E-state index contributed by atoms with van der Waals surface area (Å²) in [5.41, 5.74) is 0. The second-order valence-corrected chi connectivity index (χ2v) is 41.3. The number of hydrogen-bond acceptors (Lipinski definition) is 24. The lowest BCUT2D eigenvalue weighted by atomic mass is 10.0. The van der Waals surface area contributed by atoms with Crippen LogP contribution in [0.2, 0.25) is 0 Å². The summed E-state index contributed by atoms with van der Waals surface area (Å²) in [7, 11) is -5.19. The minimum Gasteiger partial charge on any atom is -0.482 e. The Morgan fingerprint density at radius 3 is 0.755 bits per heavy atom. The highest BCUT2D eigenvalue weighted by molar-refractivity contribution is 8.14. The number of aliphatic imine (C=N–C) groups is 2. The van der Waals surface area contributed by atoms with Crippen LogP contribution in [0.4, 0.5) is 0 Å². The predicted molar refractivity (Wildman–Crippen MR) is 654 cm³/mol. The Balaban J connectivity index is -0.0000000688. The van der Waals surface area contributed by atoms with E-state index in [1.807, 2.05) is 53.6 Å². The van der Waals surface area contributed by atoms with Crippen LogP contribution in [-0.4, -0.2) is 231 Å². The number of nitrogens with zero attached hydrogens (tertiary/aromatic N) is 2. The van der Waals surface area contributed by atoms with Crippen LogP contribution < -0.4 is 42.5 Å². The lowest BCUT2D eigenvalue weighted by Gasteiger charge is -2.10. The molecular weight excluding hydrogens is 1850 g/mol. The van der Waals surface area contributed by atoms with Gasteiger partial charge in [0.25, 0.3) is 0 Å². The Morgan fingerprint density at radius 2 is 0.619 bits per heavy atom. The molecule has 8 N–H and O–H groups in total. The molecule has 0 aromatic rings. The minimum absolute atomic E-state index is 0. The van der Waals surface area contributed by atoms with Gasteiger partial charge in [0.1, 0.15) is 16.4 Å². The number of thioether (sulfide) groups is 4. The van der Waals surface area contributed by atoms with E-state index in [0.717, 1.165) is 137 Å². The second-order valence-electron chi connectivity index (χ2n) is 32.3. The fourth-order valence-electron chi connectivity index (χ4n) is 12.6. The van der Waals surface area contributed by atoms with Crippen molar-refractivity contribution in [3.05, 3.63) is 59.9 Å². The molecule has 0 spiro atoms. The van der Waals surface area contributed by atoms with E-state index in [-0.39, 0.29) is 134 Å². The number of rotatable bonds is 0. The van der Waals surface area contributed by atoms with Crippen molar-refractivity contribution in [2.75, 3.05) is 196 Å². The molecule has 0 aromatic heterocycles. The lowest BCUT2D eigenvalue weighted by Crippen LogP contribution is -2.35. The lowest BCUT2D eigenvalue weighted by molar-refractivity contribution is -0.110. The molecule has 20 nitrogen and oxygen atoms in total. The molecule has 15 aliphatic heterocycles. The molecule has 21 aliphatic rings. The van der Waals surface area contributed by atoms with Crippen LogP contribution in [0.15, 0.2) is 69.9 Å². The topological polar surface area (TPSA) is 252 Å². The zero-order chi connectivity index (χ0) is 86.5. The average molecular weight is 2110 g/mol. The van der Waals surface area contributed by atoms with Gasteiger partial charge in [0.05, 0.1) is 56.1 Å². The van der Waals surface area contributed by atoms with Gasteiger partial charge in [-0.15, -0.1) is 11.8 Å². The zero-order valence-electron chi connectivity index (χ0n) is 76.8. The van der Waals surface area contributed by atoms with Crippen LogP contribution in [0.25, 0.3) is 0 Å². The third-order valence-electron chi connectivity index (χ3n) is 20.9. The average Bonchev–Trinajstić information content (AvgIpc) is 1.85. The van der Waals surface area contributed by atoms with Crippen molar-refractivity contribution in [2.45, 2.75) is 461 Å². The number of nitrogens with one attached hydrogen (secondary N) is 8. The van der Waals surface area contributed by atoms with Gasteiger partial charge >= 0.3 is 0 Å². The minimum atomic E-state index is -2.65. The monoisotopic (exact) mass is 2110 g/mol. The number of carbonyl (C=O) groups is 1. The molecule has 10 saturated heterocycles. The Kier molecular flexibility index (Phi) is 201. The Morgan fingerprint density at radius 1 is 0.266 bits per heavy atom. The highest BCUT2D eigenvalue weighted by atomic mass is 32.2. The molecule has 0 atom stereocenters. The van der Waals surface area contributed by atoms with Crippen molar-refractivity contribution in [2.24, 2.45) is 9.98 Å². The van der Waals surface area contributed by atoms with Crippen LogP contribution >= 0.6 is 47.0 Å². The van der Waals surface area contributed by atoms with Gasteiger partial charge in [-0.3, -0.25) is 20.1 Å². The van der Waals surface area contributed by atoms with Crippen LogP contribution in [0, 0.1) is 0 Å². The van der Waals surface area contributed by atoms with Gasteiger partial charge in [0.2, 0.25) is 0 Å². The number of morpholine rings is 1.